The van der Waals surface area contributed by atoms with Crippen LogP contribution in [0.3, 0.4) is 0 Å². The van der Waals surface area contributed by atoms with Gasteiger partial charge in [0, 0.05) is 6.54 Å². The molecule has 0 fully saturated rings. The van der Waals surface area contributed by atoms with Crippen LogP contribution < -0.4 is 10.1 Å². The minimum Gasteiger partial charge on any atom is -0.492 e. The lowest BCUT2D eigenvalue weighted by Gasteiger charge is -2.17. The molecule has 3 aromatic carbocycles. The lowest BCUT2D eigenvalue weighted by molar-refractivity contribution is -0.117. The van der Waals surface area contributed by atoms with Crippen molar-refractivity contribution in [2.24, 2.45) is 0 Å². The van der Waals surface area contributed by atoms with Gasteiger partial charge in [0.15, 0.2) is 0 Å². The molecule has 134 valence electrons. The average molecular weight is 348 g/mol. The van der Waals surface area contributed by atoms with Crippen molar-refractivity contribution in [1.82, 2.24) is 4.90 Å². The predicted molar refractivity (Wildman–Crippen MR) is 107 cm³/mol. The molecule has 3 aromatic rings. The molecule has 4 nitrogen and oxygen atoms in total. The van der Waals surface area contributed by atoms with E-state index in [1.54, 1.807) is 0 Å². The van der Waals surface area contributed by atoms with Gasteiger partial charge in [0.2, 0.25) is 5.91 Å². The number of carbonyl (C=O) groups is 1. The molecule has 1 N–H and O–H groups in total. The third-order valence-corrected chi connectivity index (χ3v) is 4.14. The van der Waals surface area contributed by atoms with Gasteiger partial charge in [-0.25, -0.2) is 0 Å². The van der Waals surface area contributed by atoms with Crippen LogP contribution in [-0.2, 0) is 11.3 Å². The Morgan fingerprint density at radius 1 is 1.00 bits per heavy atom. The van der Waals surface area contributed by atoms with Crippen molar-refractivity contribution < 1.29 is 9.53 Å². The highest BCUT2D eigenvalue weighted by Crippen LogP contribution is 2.23. The van der Waals surface area contributed by atoms with E-state index in [2.05, 4.69) is 35.6 Å². The fourth-order valence-electron chi connectivity index (χ4n) is 2.99. The third kappa shape index (κ3) is 4.61. The molecule has 0 saturated carbocycles. The van der Waals surface area contributed by atoms with E-state index >= 15 is 0 Å². The molecule has 0 bridgehead atoms. The molecule has 1 amide bonds. The predicted octanol–water partition coefficient (Wildman–Crippen LogP) is 4.31. The van der Waals surface area contributed by atoms with Gasteiger partial charge in [0.05, 0.1) is 18.8 Å². The number of benzene rings is 3. The first-order valence-electron chi connectivity index (χ1n) is 8.83. The number of amides is 1. The molecule has 3 rings (SSSR count). The van der Waals surface area contributed by atoms with Crippen LogP contribution in [0.2, 0.25) is 0 Å². The van der Waals surface area contributed by atoms with E-state index < -0.39 is 0 Å². The number of hydrogen-bond acceptors (Lipinski definition) is 3. The smallest absolute Gasteiger partial charge is 0.238 e. The summed E-state index contributed by atoms with van der Waals surface area (Å²) in [5.74, 6) is 0.640. The van der Waals surface area contributed by atoms with Crippen molar-refractivity contribution in [3.63, 3.8) is 0 Å². The van der Waals surface area contributed by atoms with Crippen molar-refractivity contribution >= 4 is 22.4 Å². The number of fused-ring (bicyclic) bond motifs is 1. The van der Waals surface area contributed by atoms with Gasteiger partial charge in [-0.05, 0) is 48.5 Å². The van der Waals surface area contributed by atoms with E-state index in [-0.39, 0.29) is 5.91 Å². The number of para-hydroxylation sites is 2. The van der Waals surface area contributed by atoms with Gasteiger partial charge in [-0.15, -0.1) is 0 Å². The summed E-state index contributed by atoms with van der Waals surface area (Å²) in [4.78, 5) is 14.4. The van der Waals surface area contributed by atoms with Crippen LogP contribution in [0.4, 0.5) is 5.69 Å². The van der Waals surface area contributed by atoms with Gasteiger partial charge in [0.1, 0.15) is 5.75 Å². The van der Waals surface area contributed by atoms with Crippen molar-refractivity contribution in [1.29, 1.82) is 0 Å². The normalized spacial score (nSPS) is 10.9. The van der Waals surface area contributed by atoms with E-state index in [1.807, 2.05) is 55.3 Å². The van der Waals surface area contributed by atoms with Crippen LogP contribution in [0.1, 0.15) is 12.5 Å². The first kappa shape index (κ1) is 18.0. The number of carbonyl (C=O) groups excluding carboxylic acids is 1. The number of likely N-dealkylation sites (N-methyl/N-ethyl adjacent to an activating group) is 1. The van der Waals surface area contributed by atoms with Gasteiger partial charge >= 0.3 is 0 Å². The second-order valence-electron chi connectivity index (χ2n) is 6.33. The Morgan fingerprint density at radius 3 is 2.54 bits per heavy atom. The minimum atomic E-state index is -0.0551. The first-order chi connectivity index (χ1) is 12.7. The molecule has 26 heavy (non-hydrogen) atoms. The number of nitrogens with zero attached hydrogens (tertiary/aromatic N) is 1. The van der Waals surface area contributed by atoms with E-state index in [0.29, 0.717) is 31.1 Å². The monoisotopic (exact) mass is 348 g/mol. The number of ether oxygens (including phenoxy) is 1. The Labute approximate surface area is 154 Å². The maximum atomic E-state index is 12.4. The lowest BCUT2D eigenvalue weighted by Crippen LogP contribution is -2.30. The molecular weight excluding hydrogens is 324 g/mol. The maximum absolute atomic E-state index is 12.4. The summed E-state index contributed by atoms with van der Waals surface area (Å²) in [5, 5.41) is 5.38. The van der Waals surface area contributed by atoms with Crippen molar-refractivity contribution in [3.05, 3.63) is 72.3 Å². The number of anilines is 1. The van der Waals surface area contributed by atoms with Gasteiger partial charge < -0.3 is 10.1 Å². The lowest BCUT2D eigenvalue weighted by atomic mass is 10.1. The van der Waals surface area contributed by atoms with Crippen molar-refractivity contribution in [3.8, 4) is 5.75 Å². The van der Waals surface area contributed by atoms with Crippen LogP contribution in [-0.4, -0.2) is 31.0 Å². The molecule has 0 atom stereocenters. The van der Waals surface area contributed by atoms with Crippen LogP contribution in [0, 0.1) is 0 Å². The molecule has 0 unspecified atom stereocenters. The van der Waals surface area contributed by atoms with Crippen LogP contribution in [0.25, 0.3) is 10.8 Å². The maximum Gasteiger partial charge on any atom is 0.238 e. The number of hydrogen-bond donors (Lipinski definition) is 1. The summed E-state index contributed by atoms with van der Waals surface area (Å²) in [7, 11) is 1.95. The topological polar surface area (TPSA) is 41.6 Å². The molecule has 4 heteroatoms. The number of rotatable bonds is 7. The molecule has 0 saturated heterocycles. The number of nitrogens with one attached hydrogen (secondary N) is 1. The molecule has 0 aliphatic heterocycles. The summed E-state index contributed by atoms with van der Waals surface area (Å²) < 4.78 is 5.55. The quantitative estimate of drug-likeness (QED) is 0.692. The summed E-state index contributed by atoms with van der Waals surface area (Å²) in [6, 6.07) is 22.2. The summed E-state index contributed by atoms with van der Waals surface area (Å²) in [6.07, 6.45) is 0. The minimum absolute atomic E-state index is 0.0551. The first-order valence-corrected chi connectivity index (χ1v) is 8.83. The fourth-order valence-corrected chi connectivity index (χ4v) is 2.99. The largest absolute Gasteiger partial charge is 0.492 e. The molecule has 0 heterocycles. The Bertz CT molecular complexity index is 892. The molecule has 0 aliphatic rings. The van der Waals surface area contributed by atoms with Crippen molar-refractivity contribution in [2.75, 3.05) is 25.5 Å². The highest BCUT2D eigenvalue weighted by atomic mass is 16.5. The zero-order chi connectivity index (χ0) is 18.4. The van der Waals surface area contributed by atoms with Gasteiger partial charge in [0.25, 0.3) is 0 Å². The summed E-state index contributed by atoms with van der Waals surface area (Å²) in [6.45, 7) is 3.52. The zero-order valence-corrected chi connectivity index (χ0v) is 15.2. The molecule has 0 aromatic heterocycles. The third-order valence-electron chi connectivity index (χ3n) is 4.14. The zero-order valence-electron chi connectivity index (χ0n) is 15.2. The Kier molecular flexibility index (Phi) is 5.87. The van der Waals surface area contributed by atoms with E-state index in [0.717, 1.165) is 0 Å². The molecular formula is C22H24N2O2. The highest BCUT2D eigenvalue weighted by Gasteiger charge is 2.10. The standard InChI is InChI=1S/C22H24N2O2/c1-3-26-21-11-7-6-10-20(21)23-22(25)16-24(2)15-17-12-13-18-8-4-5-9-19(18)14-17/h4-14H,3,15-16H2,1-2H3,(H,23,25). The van der Waals surface area contributed by atoms with Gasteiger partial charge in [-0.2, -0.15) is 0 Å². The Hall–Kier alpha value is -2.85. The molecule has 0 spiro atoms. The summed E-state index contributed by atoms with van der Waals surface area (Å²) in [5.41, 5.74) is 1.90. The average Bonchev–Trinajstić information content (AvgIpc) is 2.63. The van der Waals surface area contributed by atoms with E-state index in [1.165, 1.54) is 16.3 Å². The second kappa shape index (κ2) is 8.50. The van der Waals surface area contributed by atoms with Crippen LogP contribution in [0.15, 0.2) is 66.7 Å². The Morgan fingerprint density at radius 2 is 1.73 bits per heavy atom. The highest BCUT2D eigenvalue weighted by molar-refractivity contribution is 5.93. The van der Waals surface area contributed by atoms with E-state index in [4.69, 9.17) is 4.74 Å². The van der Waals surface area contributed by atoms with Gasteiger partial charge in [-0.3, -0.25) is 9.69 Å². The second-order valence-corrected chi connectivity index (χ2v) is 6.33. The van der Waals surface area contributed by atoms with Gasteiger partial charge in [-0.1, -0.05) is 48.5 Å². The fraction of sp³-hybridized carbons (Fsp3) is 0.227. The summed E-state index contributed by atoms with van der Waals surface area (Å²) >= 11 is 0. The molecule has 0 aliphatic carbocycles. The Balaban J connectivity index is 1.60. The van der Waals surface area contributed by atoms with Crippen molar-refractivity contribution in [2.45, 2.75) is 13.5 Å². The van der Waals surface area contributed by atoms with Crippen LogP contribution in [0.5, 0.6) is 5.75 Å². The van der Waals surface area contributed by atoms with Crippen LogP contribution >= 0.6 is 0 Å². The van der Waals surface area contributed by atoms with E-state index in [9.17, 15) is 4.79 Å². The SMILES string of the molecule is CCOc1ccccc1NC(=O)CN(C)Cc1ccc2ccccc2c1. The molecule has 0 radical (unpaired) electrons.